The molecule has 0 bridgehead atoms. The van der Waals surface area contributed by atoms with Gasteiger partial charge in [-0.1, -0.05) is 371 Å². The quantitative estimate of drug-likeness (QED) is 0.0146. The van der Waals surface area contributed by atoms with Gasteiger partial charge in [0.1, 0.15) is 25.4 Å². The van der Waals surface area contributed by atoms with Crippen LogP contribution >= 0.6 is 15.6 Å². The number of hydrogen-bond donors (Lipinski definition) is 4. The van der Waals surface area contributed by atoms with E-state index in [2.05, 4.69) is 179 Å². The van der Waals surface area contributed by atoms with E-state index in [1.165, 1.54) is 161 Å². The van der Waals surface area contributed by atoms with Gasteiger partial charge in [-0.15, -0.1) is 0 Å². The fourth-order valence-electron chi connectivity index (χ4n) is 12.3. The van der Waals surface area contributed by atoms with E-state index >= 15 is 0 Å². The minimum Gasteiger partial charge on any atom is -0.463 e. The van der Waals surface area contributed by atoms with Gasteiger partial charge >= 0.3 is 33.6 Å². The molecular formula is C97H166O16P2. The molecule has 0 spiro atoms. The summed E-state index contributed by atoms with van der Waals surface area (Å²) in [6.45, 7) is 2.44. The maximum Gasteiger partial charge on any atom is 0.472 e. The van der Waals surface area contributed by atoms with Gasteiger partial charge in [0.2, 0.25) is 0 Å². The lowest BCUT2D eigenvalue weighted by Gasteiger charge is -2.21. The summed E-state index contributed by atoms with van der Waals surface area (Å²) >= 11 is 0. The number of phosphoric ester groups is 2. The normalized spacial score (nSPS) is 14.5. The Labute approximate surface area is 701 Å². The van der Waals surface area contributed by atoms with Gasteiger partial charge in [0.25, 0.3) is 0 Å². The Morgan fingerprint density at radius 1 is 0.252 bits per heavy atom. The first-order valence-corrected chi connectivity index (χ1v) is 48.8. The summed E-state index contributed by atoms with van der Waals surface area (Å²) in [4.78, 5) is 58.9. The number of carbonyl (C=O) groups is 3. The highest BCUT2D eigenvalue weighted by atomic mass is 31.2. The third-order valence-corrected chi connectivity index (χ3v) is 21.1. The van der Waals surface area contributed by atoms with Crippen LogP contribution in [0.5, 0.6) is 0 Å². The van der Waals surface area contributed by atoms with Gasteiger partial charge < -0.3 is 34.2 Å². The molecule has 0 aromatic rings. The minimum absolute atomic E-state index is 0.0808. The molecule has 0 rings (SSSR count). The zero-order valence-electron chi connectivity index (χ0n) is 72.7. The molecule has 0 aliphatic carbocycles. The molecule has 5 unspecified atom stereocenters. The molecule has 660 valence electrons. The summed E-state index contributed by atoms with van der Waals surface area (Å²) in [5.74, 6) is -1.59. The highest BCUT2D eigenvalue weighted by Gasteiger charge is 2.29. The molecule has 0 saturated heterocycles. The van der Waals surface area contributed by atoms with E-state index in [1.807, 2.05) is 0 Å². The van der Waals surface area contributed by atoms with Crippen molar-refractivity contribution < 1.29 is 75.8 Å². The summed E-state index contributed by atoms with van der Waals surface area (Å²) in [5, 5.41) is 20.7. The predicted molar refractivity (Wildman–Crippen MR) is 482 cm³/mol. The number of aliphatic hydroxyl groups excluding tert-OH is 2. The molecule has 4 N–H and O–H groups in total. The lowest BCUT2D eigenvalue weighted by atomic mass is 10.0. The van der Waals surface area contributed by atoms with Crippen molar-refractivity contribution in [3.05, 3.63) is 158 Å². The molecular weight excluding hydrogens is 1480 g/mol. The number of esters is 3. The molecule has 0 aromatic heterocycles. The van der Waals surface area contributed by atoms with E-state index in [9.17, 15) is 43.5 Å². The van der Waals surface area contributed by atoms with Crippen molar-refractivity contribution >= 4 is 33.6 Å². The first-order chi connectivity index (χ1) is 56.2. The Morgan fingerprint density at radius 3 is 0.730 bits per heavy atom. The minimum atomic E-state index is -4.94. The van der Waals surface area contributed by atoms with Crippen molar-refractivity contribution in [2.45, 2.75) is 399 Å². The molecule has 18 heteroatoms. The molecule has 0 fully saturated rings. The molecule has 0 amide bonds. The van der Waals surface area contributed by atoms with E-state index in [0.29, 0.717) is 19.3 Å². The predicted octanol–water partition coefficient (Wildman–Crippen LogP) is 28.1. The van der Waals surface area contributed by atoms with E-state index < -0.39 is 91.5 Å². The summed E-state index contributed by atoms with van der Waals surface area (Å²) < 4.78 is 61.4. The van der Waals surface area contributed by atoms with Crippen LogP contribution in [0.25, 0.3) is 0 Å². The number of phosphoric acid groups is 2. The Hall–Kier alpha value is -4.83. The highest BCUT2D eigenvalue weighted by Crippen LogP contribution is 2.45. The maximum absolute atomic E-state index is 13.0. The lowest BCUT2D eigenvalue weighted by molar-refractivity contribution is -0.161. The number of ether oxygens (including phenoxy) is 3. The molecule has 0 aliphatic heterocycles. The first kappa shape index (κ1) is 110. The fourth-order valence-corrected chi connectivity index (χ4v) is 13.9. The first-order valence-electron chi connectivity index (χ1n) is 45.8. The van der Waals surface area contributed by atoms with Gasteiger partial charge in [-0.2, -0.15) is 0 Å². The van der Waals surface area contributed by atoms with Gasteiger partial charge in [0.05, 0.1) is 26.4 Å². The second kappa shape index (κ2) is 88.5. The summed E-state index contributed by atoms with van der Waals surface area (Å²) in [5.41, 5.74) is 0. The molecule has 5 atom stereocenters. The van der Waals surface area contributed by atoms with E-state index in [-0.39, 0.29) is 19.3 Å². The summed E-state index contributed by atoms with van der Waals surface area (Å²) in [6, 6.07) is 0. The second-order valence-corrected chi connectivity index (χ2v) is 33.2. The zero-order valence-corrected chi connectivity index (χ0v) is 74.5. The van der Waals surface area contributed by atoms with Gasteiger partial charge in [0, 0.05) is 19.3 Å². The average Bonchev–Trinajstić information content (AvgIpc) is 0.898. The smallest absolute Gasteiger partial charge is 0.463 e. The van der Waals surface area contributed by atoms with Crippen LogP contribution in [0.15, 0.2) is 158 Å². The van der Waals surface area contributed by atoms with Crippen LogP contribution in [0, 0.1) is 0 Å². The molecule has 0 radical (unpaired) electrons. The van der Waals surface area contributed by atoms with Gasteiger partial charge in [-0.05, 0) is 148 Å². The van der Waals surface area contributed by atoms with Crippen LogP contribution in [-0.2, 0) is 55.8 Å². The Bertz CT molecular complexity index is 2720. The monoisotopic (exact) mass is 1650 g/mol. The highest BCUT2D eigenvalue weighted by molar-refractivity contribution is 7.47. The van der Waals surface area contributed by atoms with Gasteiger partial charge in [-0.3, -0.25) is 32.5 Å². The SMILES string of the molecule is CC/C=C\C/C=C\C/C=C\C/C=C\C/C=C\C/C=C\CCCCCCCCCCCCC(=O)OCC(COP(=O)(O)OCC(O)COP(=O)(O)OCC(O)COC(=O)CCCCCCCCCCCCCCCCCCCCC/C=C\C/C=C\C/C=C\C/C=C\CCCCC)OC(=O)CCCCCCC/C=C\C/C=C\C/C=C\CC. The summed E-state index contributed by atoms with van der Waals surface area (Å²) in [6.07, 6.45) is 113. The average molecular weight is 1650 g/mol. The number of allylic oxidation sites excluding steroid dienone is 26. The number of rotatable bonds is 86. The second-order valence-electron chi connectivity index (χ2n) is 30.3. The van der Waals surface area contributed by atoms with Crippen molar-refractivity contribution in [3.8, 4) is 0 Å². The molecule has 16 nitrogen and oxygen atoms in total. The molecule has 0 aliphatic rings. The molecule has 0 saturated carbocycles. The van der Waals surface area contributed by atoms with E-state index in [1.54, 1.807) is 0 Å². The largest absolute Gasteiger partial charge is 0.472 e. The van der Waals surface area contributed by atoms with Gasteiger partial charge in [0.15, 0.2) is 6.10 Å². The third-order valence-electron chi connectivity index (χ3n) is 19.2. The van der Waals surface area contributed by atoms with Crippen LogP contribution in [0.3, 0.4) is 0 Å². The van der Waals surface area contributed by atoms with Crippen LogP contribution < -0.4 is 0 Å². The zero-order chi connectivity index (χ0) is 83.6. The Balaban J connectivity index is 4.44. The topological polar surface area (TPSA) is 231 Å². The number of hydrogen-bond acceptors (Lipinski definition) is 14. The van der Waals surface area contributed by atoms with Crippen molar-refractivity contribution in [2.24, 2.45) is 0 Å². The molecule has 0 heterocycles. The maximum atomic E-state index is 13.0. The van der Waals surface area contributed by atoms with Crippen LogP contribution in [-0.4, -0.2) is 95.9 Å². The van der Waals surface area contributed by atoms with Crippen LogP contribution in [0.1, 0.15) is 380 Å². The summed E-state index contributed by atoms with van der Waals surface area (Å²) in [7, 11) is -9.81. The van der Waals surface area contributed by atoms with Gasteiger partial charge in [-0.25, -0.2) is 9.13 Å². The lowest BCUT2D eigenvalue weighted by Crippen LogP contribution is -2.30. The van der Waals surface area contributed by atoms with Crippen LogP contribution in [0.4, 0.5) is 0 Å². The number of unbranched alkanes of at least 4 members (excludes halogenated alkanes) is 37. The number of aliphatic hydroxyl groups is 2. The Morgan fingerprint density at radius 2 is 0.461 bits per heavy atom. The standard InChI is InChI=1S/C97H166O16P2/c1-4-7-10-13-16-19-22-25-28-30-32-34-36-38-40-42-43-44-45-46-47-49-51-52-54-56-58-60-63-65-68-71-74-77-80-83-95(100)107-86-92(98)87-109-114(103,104)110-88-93(99)89-111-115(105,106)112-91-94(113-97(102)85-82-79-76-73-70-67-62-27-24-21-18-15-12-9-6-3)90-108-96(101)84-81-78-75-72-69-66-64-61-59-57-55-53-50-48-41-39-37-35-33-31-29-26-23-20-17-14-11-8-5-2/h8-9,11-12,16-21,25-29,32-35,38-41,50,53,62,92-94,98-99H,4-7,10,13-15,22-24,30-31,36-37,42-49,51-52,54-61,63-91H2,1-3H3,(H,103,104)(H,105,106)/b11-8-,12-9-,19-16-,20-17-,21-18-,28-25-,29-26-,34-32-,35-33-,40-38-,41-39-,53-50-,62-27-. The number of carbonyl (C=O) groups excluding carboxylic acids is 3. The van der Waals surface area contributed by atoms with Crippen molar-refractivity contribution in [1.82, 2.24) is 0 Å². The Kier molecular flexibility index (Phi) is 84.7. The van der Waals surface area contributed by atoms with Crippen LogP contribution in [0.2, 0.25) is 0 Å². The fraction of sp³-hybridized carbons (Fsp3) is 0.701. The third kappa shape index (κ3) is 89.8. The van der Waals surface area contributed by atoms with Crippen molar-refractivity contribution in [3.63, 3.8) is 0 Å². The molecule has 115 heavy (non-hydrogen) atoms. The van der Waals surface area contributed by atoms with Crippen molar-refractivity contribution in [2.75, 3.05) is 39.6 Å². The van der Waals surface area contributed by atoms with E-state index in [0.717, 1.165) is 161 Å². The van der Waals surface area contributed by atoms with E-state index in [4.69, 9.17) is 32.3 Å². The van der Waals surface area contributed by atoms with Crippen molar-refractivity contribution in [1.29, 1.82) is 0 Å². The molecule has 0 aromatic carbocycles.